The van der Waals surface area contributed by atoms with Crippen LogP contribution < -0.4 is 10.1 Å². The van der Waals surface area contributed by atoms with E-state index in [9.17, 15) is 17.6 Å². The number of rotatable bonds is 5. The number of fused-ring (bicyclic) bond motifs is 1. The Hall–Kier alpha value is -2.91. The third-order valence-corrected chi connectivity index (χ3v) is 6.13. The van der Waals surface area contributed by atoms with Crippen LogP contribution in [0, 0.1) is 12.7 Å². The number of benzene rings is 2. The standard InChI is InChI=1S/C19H19FN2O5S/c1-11-13-6-5-7-14(20)18(13)27-17(11)19(23)21-15-10-12(8-9-16(15)26-4)28(24,25)22(2)3/h5-10H,1-4H3,(H,21,23). The molecule has 0 bridgehead atoms. The normalized spacial score (nSPS) is 11.8. The molecule has 9 heteroatoms. The molecule has 0 spiro atoms. The number of aryl methyl sites for hydroxylation is 1. The maximum absolute atomic E-state index is 13.9. The summed E-state index contributed by atoms with van der Waals surface area (Å²) in [6.07, 6.45) is 0. The average molecular weight is 406 g/mol. The van der Waals surface area contributed by atoms with Gasteiger partial charge in [-0.15, -0.1) is 0 Å². The van der Waals surface area contributed by atoms with E-state index in [0.29, 0.717) is 10.9 Å². The van der Waals surface area contributed by atoms with Gasteiger partial charge in [-0.1, -0.05) is 12.1 Å². The first kappa shape index (κ1) is 19.8. The van der Waals surface area contributed by atoms with E-state index >= 15 is 0 Å². The van der Waals surface area contributed by atoms with Gasteiger partial charge in [0, 0.05) is 25.0 Å². The van der Waals surface area contributed by atoms with Gasteiger partial charge >= 0.3 is 0 Å². The van der Waals surface area contributed by atoms with Crippen LogP contribution in [-0.2, 0) is 10.0 Å². The van der Waals surface area contributed by atoms with E-state index in [1.165, 1.54) is 51.5 Å². The summed E-state index contributed by atoms with van der Waals surface area (Å²) in [6.45, 7) is 1.64. The number of sulfonamides is 1. The lowest BCUT2D eigenvalue weighted by Crippen LogP contribution is -2.22. The smallest absolute Gasteiger partial charge is 0.291 e. The molecule has 0 fully saturated rings. The second-order valence-corrected chi connectivity index (χ2v) is 8.43. The van der Waals surface area contributed by atoms with Crippen LogP contribution in [0.3, 0.4) is 0 Å². The summed E-state index contributed by atoms with van der Waals surface area (Å²) in [7, 11) is 0.504. The quantitative estimate of drug-likeness (QED) is 0.702. The number of furan rings is 1. The summed E-state index contributed by atoms with van der Waals surface area (Å²) in [6, 6.07) is 8.54. The number of hydrogen-bond acceptors (Lipinski definition) is 5. The van der Waals surface area contributed by atoms with E-state index in [2.05, 4.69) is 5.32 Å². The SMILES string of the molecule is COc1ccc(S(=O)(=O)N(C)C)cc1NC(=O)c1oc2c(F)cccc2c1C. The van der Waals surface area contributed by atoms with Crippen molar-refractivity contribution in [2.75, 3.05) is 26.5 Å². The van der Waals surface area contributed by atoms with E-state index < -0.39 is 21.7 Å². The van der Waals surface area contributed by atoms with E-state index in [-0.39, 0.29) is 27.7 Å². The number of nitrogens with one attached hydrogen (secondary N) is 1. The van der Waals surface area contributed by atoms with Gasteiger partial charge in [0.25, 0.3) is 5.91 Å². The molecule has 0 saturated heterocycles. The van der Waals surface area contributed by atoms with Gasteiger partial charge in [0.15, 0.2) is 17.2 Å². The molecule has 1 N–H and O–H groups in total. The Morgan fingerprint density at radius 3 is 2.54 bits per heavy atom. The fourth-order valence-electron chi connectivity index (χ4n) is 2.76. The van der Waals surface area contributed by atoms with Crippen LogP contribution in [0.15, 0.2) is 45.7 Å². The lowest BCUT2D eigenvalue weighted by molar-refractivity contribution is 0.0997. The van der Waals surface area contributed by atoms with Gasteiger partial charge in [-0.05, 0) is 31.2 Å². The zero-order chi connectivity index (χ0) is 20.6. The molecule has 3 rings (SSSR count). The predicted octanol–water partition coefficient (Wildman–Crippen LogP) is 3.39. The monoisotopic (exact) mass is 406 g/mol. The van der Waals surface area contributed by atoms with Gasteiger partial charge in [0.2, 0.25) is 10.0 Å². The lowest BCUT2D eigenvalue weighted by atomic mass is 10.1. The van der Waals surface area contributed by atoms with Crippen LogP contribution in [0.5, 0.6) is 5.75 Å². The molecule has 1 amide bonds. The molecule has 1 aromatic heterocycles. The number of para-hydroxylation sites is 1. The molecule has 0 unspecified atom stereocenters. The van der Waals surface area contributed by atoms with Crippen molar-refractivity contribution in [3.63, 3.8) is 0 Å². The Labute approximate surface area is 161 Å². The number of hydrogen-bond donors (Lipinski definition) is 1. The molecule has 0 saturated carbocycles. The molecule has 0 aliphatic rings. The number of ether oxygens (including phenoxy) is 1. The van der Waals surface area contributed by atoms with Gasteiger partial charge in [0.1, 0.15) is 5.75 Å². The first-order valence-electron chi connectivity index (χ1n) is 8.26. The highest BCUT2D eigenvalue weighted by Gasteiger charge is 2.23. The number of methoxy groups -OCH3 is 1. The van der Waals surface area contributed by atoms with Crippen molar-refractivity contribution in [1.82, 2.24) is 4.31 Å². The van der Waals surface area contributed by atoms with Crippen molar-refractivity contribution >= 4 is 32.6 Å². The molecule has 0 aliphatic heterocycles. The number of nitrogens with zero attached hydrogens (tertiary/aromatic N) is 1. The van der Waals surface area contributed by atoms with E-state index in [4.69, 9.17) is 9.15 Å². The highest BCUT2D eigenvalue weighted by Crippen LogP contribution is 2.31. The topological polar surface area (TPSA) is 88.9 Å². The second-order valence-electron chi connectivity index (χ2n) is 6.28. The Morgan fingerprint density at radius 1 is 1.21 bits per heavy atom. The van der Waals surface area contributed by atoms with Crippen molar-refractivity contribution in [2.45, 2.75) is 11.8 Å². The van der Waals surface area contributed by atoms with Crippen LogP contribution in [0.1, 0.15) is 16.1 Å². The minimum atomic E-state index is -3.71. The summed E-state index contributed by atoms with van der Waals surface area (Å²) in [4.78, 5) is 12.7. The predicted molar refractivity (Wildman–Crippen MR) is 103 cm³/mol. The number of halogens is 1. The van der Waals surface area contributed by atoms with Crippen molar-refractivity contribution in [2.24, 2.45) is 0 Å². The van der Waals surface area contributed by atoms with E-state index in [1.807, 2.05) is 0 Å². The Bertz CT molecular complexity index is 1170. The third kappa shape index (κ3) is 3.34. The lowest BCUT2D eigenvalue weighted by Gasteiger charge is -2.15. The van der Waals surface area contributed by atoms with E-state index in [1.54, 1.807) is 13.0 Å². The molecule has 2 aromatic carbocycles. The number of anilines is 1. The molecule has 0 atom stereocenters. The molecule has 28 heavy (non-hydrogen) atoms. The summed E-state index contributed by atoms with van der Waals surface area (Å²) in [5.74, 6) is -1.02. The maximum Gasteiger partial charge on any atom is 0.291 e. The van der Waals surface area contributed by atoms with E-state index in [0.717, 1.165) is 4.31 Å². The first-order chi connectivity index (χ1) is 13.2. The summed E-state index contributed by atoms with van der Waals surface area (Å²) in [5.41, 5.74) is 0.611. The first-order valence-corrected chi connectivity index (χ1v) is 9.70. The van der Waals surface area contributed by atoms with Crippen molar-refractivity contribution in [3.8, 4) is 5.75 Å². The molecular formula is C19H19FN2O5S. The van der Waals surface area contributed by atoms with Gasteiger partial charge < -0.3 is 14.5 Å². The van der Waals surface area contributed by atoms with Crippen LogP contribution in [0.4, 0.5) is 10.1 Å². The summed E-state index contributed by atoms with van der Waals surface area (Å²) in [5, 5.41) is 3.07. The number of amides is 1. The van der Waals surface area contributed by atoms with Crippen molar-refractivity contribution in [1.29, 1.82) is 0 Å². The minimum Gasteiger partial charge on any atom is -0.495 e. The molecule has 0 radical (unpaired) electrons. The fourth-order valence-corrected chi connectivity index (χ4v) is 3.69. The Balaban J connectivity index is 2.03. The number of carbonyl (C=O) groups is 1. The fraction of sp³-hybridized carbons (Fsp3) is 0.211. The van der Waals surface area contributed by atoms with Gasteiger partial charge in [-0.2, -0.15) is 0 Å². The molecule has 0 aliphatic carbocycles. The summed E-state index contributed by atoms with van der Waals surface area (Å²) >= 11 is 0. The zero-order valence-corrected chi connectivity index (χ0v) is 16.6. The third-order valence-electron chi connectivity index (χ3n) is 4.32. The number of carbonyl (C=O) groups excluding carboxylic acids is 1. The van der Waals surface area contributed by atoms with Gasteiger partial charge in [0.05, 0.1) is 17.7 Å². The molecule has 1 heterocycles. The van der Waals surface area contributed by atoms with Gasteiger partial charge in [-0.25, -0.2) is 17.1 Å². The van der Waals surface area contributed by atoms with Crippen LogP contribution >= 0.6 is 0 Å². The second kappa shape index (κ2) is 7.25. The Morgan fingerprint density at radius 2 is 1.93 bits per heavy atom. The van der Waals surface area contributed by atoms with Crippen molar-refractivity contribution < 1.29 is 26.8 Å². The summed E-state index contributed by atoms with van der Waals surface area (Å²) < 4.78 is 50.3. The van der Waals surface area contributed by atoms with Crippen LogP contribution in [0.2, 0.25) is 0 Å². The Kier molecular flexibility index (Phi) is 5.14. The van der Waals surface area contributed by atoms with Gasteiger partial charge in [-0.3, -0.25) is 4.79 Å². The molecule has 7 nitrogen and oxygen atoms in total. The highest BCUT2D eigenvalue weighted by atomic mass is 32.2. The average Bonchev–Trinajstić information content (AvgIpc) is 3.00. The highest BCUT2D eigenvalue weighted by molar-refractivity contribution is 7.89. The van der Waals surface area contributed by atoms with Crippen LogP contribution in [0.25, 0.3) is 11.0 Å². The maximum atomic E-state index is 13.9. The zero-order valence-electron chi connectivity index (χ0n) is 15.7. The largest absolute Gasteiger partial charge is 0.495 e. The van der Waals surface area contributed by atoms with Crippen LogP contribution in [-0.4, -0.2) is 39.8 Å². The molecular weight excluding hydrogens is 387 g/mol. The molecule has 148 valence electrons. The molecule has 3 aromatic rings. The van der Waals surface area contributed by atoms with Crippen molar-refractivity contribution in [3.05, 3.63) is 53.5 Å². The minimum absolute atomic E-state index is 0.0129.